The Bertz CT molecular complexity index is 832. The van der Waals surface area contributed by atoms with E-state index in [1.165, 1.54) is 32.1 Å². The minimum absolute atomic E-state index is 0.660. The highest BCUT2D eigenvalue weighted by Crippen LogP contribution is 2.37. The number of nitrogens with one attached hydrogen (secondary N) is 1. The molecule has 1 aliphatic rings. The fraction of sp³-hybridized carbons (Fsp3) is 0.348. The third-order valence-corrected chi connectivity index (χ3v) is 6.48. The molecule has 1 N–H and O–H groups in total. The smallest absolute Gasteiger partial charge is 0.166 e. The lowest BCUT2D eigenvalue weighted by Crippen LogP contribution is -2.07. The maximum absolute atomic E-state index is 5.31. The van der Waals surface area contributed by atoms with Crippen molar-refractivity contribution in [2.24, 2.45) is 0 Å². The third kappa shape index (κ3) is 4.20. The first kappa shape index (κ1) is 18.9. The Balaban J connectivity index is 1.70. The van der Waals surface area contributed by atoms with Gasteiger partial charge in [-0.05, 0) is 61.4 Å². The summed E-state index contributed by atoms with van der Waals surface area (Å²) in [7, 11) is 3.37. The average Bonchev–Trinajstić information content (AvgIpc) is 3.18. The zero-order chi connectivity index (χ0) is 19.3. The molecule has 0 atom stereocenters. The van der Waals surface area contributed by atoms with E-state index >= 15 is 0 Å². The number of methoxy groups -OCH3 is 2. The number of hydrogen-bond donors (Lipinski definition) is 1. The molecule has 3 aromatic rings. The number of hydrogen-bond acceptors (Lipinski definition) is 4. The van der Waals surface area contributed by atoms with Crippen molar-refractivity contribution in [3.05, 3.63) is 48.5 Å². The van der Waals surface area contributed by atoms with E-state index in [0.29, 0.717) is 5.25 Å². The zero-order valence-corrected chi connectivity index (χ0v) is 17.2. The van der Waals surface area contributed by atoms with Crippen LogP contribution in [0.1, 0.15) is 32.1 Å². The summed E-state index contributed by atoms with van der Waals surface area (Å²) in [4.78, 5) is 8.57. The average molecular weight is 395 g/mol. The molecule has 4 rings (SSSR count). The Kier molecular flexibility index (Phi) is 5.91. The molecule has 4 nitrogen and oxygen atoms in total. The molecule has 0 saturated heterocycles. The van der Waals surface area contributed by atoms with Gasteiger partial charge in [0.05, 0.1) is 25.6 Å². The third-order valence-electron chi connectivity index (χ3n) is 5.25. The van der Waals surface area contributed by atoms with Crippen molar-refractivity contribution in [3.63, 3.8) is 0 Å². The molecule has 28 heavy (non-hydrogen) atoms. The zero-order valence-electron chi connectivity index (χ0n) is 16.4. The summed E-state index contributed by atoms with van der Waals surface area (Å²) in [5.41, 5.74) is 4.21. The molecule has 0 radical (unpaired) electrons. The monoisotopic (exact) mass is 394 g/mol. The number of thioether (sulfide) groups is 1. The van der Waals surface area contributed by atoms with E-state index in [4.69, 9.17) is 14.5 Å². The van der Waals surface area contributed by atoms with Crippen LogP contribution in [0.15, 0.2) is 53.7 Å². The number of benzene rings is 2. The van der Waals surface area contributed by atoms with Gasteiger partial charge in [0.2, 0.25) is 0 Å². The van der Waals surface area contributed by atoms with Crippen LogP contribution in [0.5, 0.6) is 11.5 Å². The fourth-order valence-electron chi connectivity index (χ4n) is 3.67. The van der Waals surface area contributed by atoms with Gasteiger partial charge in [-0.25, -0.2) is 4.98 Å². The SMILES string of the molecule is COc1ccc(-c2nc(SC3CCCCC3)[nH]c2-c2ccc(OC)cc2)cc1. The maximum atomic E-state index is 5.31. The van der Waals surface area contributed by atoms with Gasteiger partial charge in [0, 0.05) is 16.4 Å². The molecule has 1 fully saturated rings. The normalized spacial score (nSPS) is 14.8. The lowest BCUT2D eigenvalue weighted by atomic mass is 10.0. The van der Waals surface area contributed by atoms with Crippen molar-refractivity contribution in [2.75, 3.05) is 14.2 Å². The van der Waals surface area contributed by atoms with Crippen molar-refractivity contribution in [3.8, 4) is 34.0 Å². The summed E-state index contributed by atoms with van der Waals surface area (Å²) < 4.78 is 10.6. The van der Waals surface area contributed by atoms with Crippen LogP contribution in [0.3, 0.4) is 0 Å². The summed E-state index contributed by atoms with van der Waals surface area (Å²) >= 11 is 1.89. The van der Waals surface area contributed by atoms with E-state index in [1.807, 2.05) is 36.0 Å². The van der Waals surface area contributed by atoms with Gasteiger partial charge >= 0.3 is 0 Å². The van der Waals surface area contributed by atoms with Crippen LogP contribution in [-0.4, -0.2) is 29.4 Å². The number of imidazole rings is 1. The minimum Gasteiger partial charge on any atom is -0.497 e. The van der Waals surface area contributed by atoms with Gasteiger partial charge in [-0.2, -0.15) is 0 Å². The van der Waals surface area contributed by atoms with E-state index in [0.717, 1.165) is 39.2 Å². The second kappa shape index (κ2) is 8.74. The molecular formula is C23H26N2O2S. The number of aromatic nitrogens is 2. The molecule has 0 spiro atoms. The number of H-pyrrole nitrogens is 1. The van der Waals surface area contributed by atoms with Gasteiger partial charge in [-0.15, -0.1) is 0 Å². The molecule has 1 saturated carbocycles. The lowest BCUT2D eigenvalue weighted by Gasteiger charge is -2.19. The van der Waals surface area contributed by atoms with Crippen LogP contribution in [0, 0.1) is 0 Å². The number of ether oxygens (including phenoxy) is 2. The molecule has 0 amide bonds. The topological polar surface area (TPSA) is 47.1 Å². The maximum Gasteiger partial charge on any atom is 0.166 e. The van der Waals surface area contributed by atoms with E-state index in [2.05, 4.69) is 29.2 Å². The van der Waals surface area contributed by atoms with E-state index < -0.39 is 0 Å². The van der Waals surface area contributed by atoms with Crippen LogP contribution in [0.25, 0.3) is 22.5 Å². The van der Waals surface area contributed by atoms with Crippen LogP contribution >= 0.6 is 11.8 Å². The lowest BCUT2D eigenvalue weighted by molar-refractivity contribution is 0.414. The van der Waals surface area contributed by atoms with Gasteiger partial charge in [0.15, 0.2) is 5.16 Å². The number of nitrogens with zero attached hydrogens (tertiary/aromatic N) is 1. The molecule has 146 valence electrons. The van der Waals surface area contributed by atoms with Gasteiger partial charge in [-0.1, -0.05) is 31.0 Å². The summed E-state index contributed by atoms with van der Waals surface area (Å²) in [6.45, 7) is 0. The van der Waals surface area contributed by atoms with Gasteiger partial charge in [0.1, 0.15) is 11.5 Å². The van der Waals surface area contributed by atoms with Crippen molar-refractivity contribution < 1.29 is 9.47 Å². The summed E-state index contributed by atoms with van der Waals surface area (Å²) in [6, 6.07) is 16.2. The number of rotatable bonds is 6. The molecule has 0 aliphatic heterocycles. The Morgan fingerprint density at radius 2 is 1.39 bits per heavy atom. The first-order chi connectivity index (χ1) is 13.8. The van der Waals surface area contributed by atoms with Crippen LogP contribution in [0.2, 0.25) is 0 Å². The Hall–Kier alpha value is -2.40. The predicted molar refractivity (Wildman–Crippen MR) is 115 cm³/mol. The van der Waals surface area contributed by atoms with Gasteiger partial charge in [0.25, 0.3) is 0 Å². The van der Waals surface area contributed by atoms with E-state index in [9.17, 15) is 0 Å². The highest BCUT2D eigenvalue weighted by atomic mass is 32.2. The first-order valence-electron chi connectivity index (χ1n) is 9.82. The largest absolute Gasteiger partial charge is 0.497 e. The minimum atomic E-state index is 0.660. The second-order valence-corrected chi connectivity index (χ2v) is 8.39. The molecular weight excluding hydrogens is 368 g/mol. The van der Waals surface area contributed by atoms with E-state index in [1.54, 1.807) is 14.2 Å². The standard InChI is InChI=1S/C23H26N2O2S/c1-26-18-12-8-16(9-13-18)21-22(17-10-14-19(27-2)15-11-17)25-23(24-21)28-20-6-4-3-5-7-20/h8-15,20H,3-7H2,1-2H3,(H,24,25). The van der Waals surface area contributed by atoms with E-state index in [-0.39, 0.29) is 0 Å². The predicted octanol–water partition coefficient (Wildman–Crippen LogP) is 6.19. The second-order valence-electron chi connectivity index (χ2n) is 7.10. The fourth-order valence-corrected chi connectivity index (χ4v) is 4.86. The first-order valence-corrected chi connectivity index (χ1v) is 10.7. The molecule has 1 aliphatic carbocycles. The van der Waals surface area contributed by atoms with Crippen molar-refractivity contribution >= 4 is 11.8 Å². The van der Waals surface area contributed by atoms with Gasteiger partial charge < -0.3 is 14.5 Å². The Morgan fingerprint density at radius 1 is 0.821 bits per heavy atom. The highest BCUT2D eigenvalue weighted by Gasteiger charge is 2.20. The van der Waals surface area contributed by atoms with Crippen molar-refractivity contribution in [1.82, 2.24) is 9.97 Å². The molecule has 2 aromatic carbocycles. The van der Waals surface area contributed by atoms with Crippen LogP contribution < -0.4 is 9.47 Å². The Morgan fingerprint density at radius 3 is 1.96 bits per heavy atom. The highest BCUT2D eigenvalue weighted by molar-refractivity contribution is 7.99. The molecule has 1 heterocycles. The molecule has 1 aromatic heterocycles. The summed E-state index contributed by atoms with van der Waals surface area (Å²) in [5, 5.41) is 1.66. The van der Waals surface area contributed by atoms with Crippen LogP contribution in [-0.2, 0) is 0 Å². The summed E-state index contributed by atoms with van der Waals surface area (Å²) in [5.74, 6) is 1.70. The molecule has 5 heteroatoms. The van der Waals surface area contributed by atoms with Crippen molar-refractivity contribution in [1.29, 1.82) is 0 Å². The number of aromatic amines is 1. The summed E-state index contributed by atoms with van der Waals surface area (Å²) in [6.07, 6.45) is 6.58. The van der Waals surface area contributed by atoms with Crippen LogP contribution in [0.4, 0.5) is 0 Å². The molecule has 0 unspecified atom stereocenters. The van der Waals surface area contributed by atoms with Crippen molar-refractivity contribution in [2.45, 2.75) is 42.5 Å². The quantitative estimate of drug-likeness (QED) is 0.542. The Labute approximate surface area is 170 Å². The van der Waals surface area contributed by atoms with Gasteiger partial charge in [-0.3, -0.25) is 0 Å². The molecule has 0 bridgehead atoms.